The lowest BCUT2D eigenvalue weighted by atomic mass is 9.96. The van der Waals surface area contributed by atoms with Crippen LogP contribution in [0.15, 0.2) is 24.3 Å². The van der Waals surface area contributed by atoms with Crippen LogP contribution in [-0.4, -0.2) is 11.0 Å². The van der Waals surface area contributed by atoms with E-state index in [4.69, 9.17) is 0 Å². The third-order valence-electron chi connectivity index (χ3n) is 4.34. The van der Waals surface area contributed by atoms with E-state index < -0.39 is 0 Å². The van der Waals surface area contributed by atoms with Gasteiger partial charge in [0, 0.05) is 6.04 Å². The summed E-state index contributed by atoms with van der Waals surface area (Å²) in [6.07, 6.45) is 5.69. The van der Waals surface area contributed by atoms with Crippen molar-refractivity contribution < 1.29 is 0 Å². The Morgan fingerprint density at radius 3 is 2.88 bits per heavy atom. The molecule has 2 bridgehead atoms. The van der Waals surface area contributed by atoms with Crippen LogP contribution < -0.4 is 5.32 Å². The predicted molar refractivity (Wildman–Crippen MR) is 72.5 cm³/mol. The Kier molecular flexibility index (Phi) is 2.15. The summed E-state index contributed by atoms with van der Waals surface area (Å²) in [4.78, 5) is 4.67. The minimum Gasteiger partial charge on any atom is -0.358 e. The van der Waals surface area contributed by atoms with Gasteiger partial charge < -0.3 is 5.32 Å². The zero-order valence-electron chi connectivity index (χ0n) is 9.73. The van der Waals surface area contributed by atoms with Crippen LogP contribution in [0.4, 0.5) is 5.13 Å². The number of thiazole rings is 1. The van der Waals surface area contributed by atoms with Crippen LogP contribution >= 0.6 is 11.3 Å². The molecule has 2 aromatic rings. The van der Waals surface area contributed by atoms with Gasteiger partial charge in [-0.3, -0.25) is 0 Å². The van der Waals surface area contributed by atoms with E-state index in [1.165, 1.54) is 30.4 Å². The van der Waals surface area contributed by atoms with Gasteiger partial charge in [-0.05, 0) is 43.2 Å². The molecule has 0 amide bonds. The van der Waals surface area contributed by atoms with Gasteiger partial charge in [0.05, 0.1) is 10.2 Å². The van der Waals surface area contributed by atoms with Gasteiger partial charge in [-0.25, -0.2) is 4.98 Å². The summed E-state index contributed by atoms with van der Waals surface area (Å²) < 4.78 is 1.29. The number of hydrogen-bond acceptors (Lipinski definition) is 3. The number of rotatable bonds is 2. The summed E-state index contributed by atoms with van der Waals surface area (Å²) in [6.45, 7) is 0. The molecule has 17 heavy (non-hydrogen) atoms. The molecule has 0 spiro atoms. The zero-order valence-corrected chi connectivity index (χ0v) is 10.5. The van der Waals surface area contributed by atoms with Crippen molar-refractivity contribution in [3.63, 3.8) is 0 Å². The number of benzene rings is 1. The Morgan fingerprint density at radius 2 is 2.12 bits per heavy atom. The highest BCUT2D eigenvalue weighted by Crippen LogP contribution is 2.45. The third-order valence-corrected chi connectivity index (χ3v) is 5.31. The second-order valence-electron chi connectivity index (χ2n) is 5.41. The summed E-state index contributed by atoms with van der Waals surface area (Å²) >= 11 is 1.79. The van der Waals surface area contributed by atoms with Crippen LogP contribution in [-0.2, 0) is 0 Å². The van der Waals surface area contributed by atoms with Crippen LogP contribution in [0.5, 0.6) is 0 Å². The van der Waals surface area contributed by atoms with Crippen LogP contribution in [0.3, 0.4) is 0 Å². The van der Waals surface area contributed by atoms with Crippen molar-refractivity contribution in [2.45, 2.75) is 31.7 Å². The first-order valence-corrected chi connectivity index (χ1v) is 7.32. The summed E-state index contributed by atoms with van der Waals surface area (Å²) in [5.74, 6) is 1.90. The fraction of sp³-hybridized carbons (Fsp3) is 0.500. The van der Waals surface area contributed by atoms with Gasteiger partial charge in [0.25, 0.3) is 0 Å². The third kappa shape index (κ3) is 1.64. The Balaban J connectivity index is 1.59. The molecule has 1 N–H and O–H groups in total. The van der Waals surface area contributed by atoms with Gasteiger partial charge in [-0.2, -0.15) is 0 Å². The molecular formula is C14H16N2S. The van der Waals surface area contributed by atoms with E-state index in [0.29, 0.717) is 6.04 Å². The molecule has 3 unspecified atom stereocenters. The molecule has 1 heterocycles. The number of anilines is 1. The van der Waals surface area contributed by atoms with E-state index in [2.05, 4.69) is 34.6 Å². The van der Waals surface area contributed by atoms with E-state index in [-0.39, 0.29) is 0 Å². The molecule has 2 saturated carbocycles. The summed E-state index contributed by atoms with van der Waals surface area (Å²) in [7, 11) is 0. The molecule has 1 aromatic carbocycles. The van der Waals surface area contributed by atoms with Gasteiger partial charge in [0.15, 0.2) is 5.13 Å². The predicted octanol–water partition coefficient (Wildman–Crippen LogP) is 3.90. The number of para-hydroxylation sites is 1. The fourth-order valence-corrected chi connectivity index (χ4v) is 4.44. The monoisotopic (exact) mass is 244 g/mol. The number of fused-ring (bicyclic) bond motifs is 3. The van der Waals surface area contributed by atoms with Gasteiger partial charge in [-0.1, -0.05) is 29.9 Å². The highest BCUT2D eigenvalue weighted by Gasteiger charge is 2.39. The lowest BCUT2D eigenvalue weighted by molar-refractivity contribution is 0.439. The van der Waals surface area contributed by atoms with Crippen molar-refractivity contribution in [2.24, 2.45) is 11.8 Å². The van der Waals surface area contributed by atoms with E-state index in [1.807, 2.05) is 0 Å². The second kappa shape index (κ2) is 3.70. The van der Waals surface area contributed by atoms with Crippen molar-refractivity contribution in [3.05, 3.63) is 24.3 Å². The normalized spacial score (nSPS) is 31.2. The summed E-state index contributed by atoms with van der Waals surface area (Å²) in [5, 5.41) is 4.78. The molecule has 0 radical (unpaired) electrons. The highest BCUT2D eigenvalue weighted by molar-refractivity contribution is 7.22. The SMILES string of the molecule is c1ccc2sc(NC3CC4CCC3C4)nc2c1. The van der Waals surface area contributed by atoms with Crippen LogP contribution in [0, 0.1) is 11.8 Å². The molecule has 3 heteroatoms. The van der Waals surface area contributed by atoms with Gasteiger partial charge in [0.1, 0.15) is 0 Å². The minimum absolute atomic E-state index is 0.689. The first kappa shape index (κ1) is 9.89. The smallest absolute Gasteiger partial charge is 0.184 e. The Morgan fingerprint density at radius 1 is 1.18 bits per heavy atom. The molecule has 2 aliphatic rings. The van der Waals surface area contributed by atoms with Gasteiger partial charge in [-0.15, -0.1) is 0 Å². The summed E-state index contributed by atoms with van der Waals surface area (Å²) in [6, 6.07) is 9.08. The second-order valence-corrected chi connectivity index (χ2v) is 6.44. The van der Waals surface area contributed by atoms with Crippen LogP contribution in [0.25, 0.3) is 10.2 Å². The molecule has 2 aliphatic carbocycles. The molecule has 0 saturated heterocycles. The molecule has 3 atom stereocenters. The summed E-state index contributed by atoms with van der Waals surface area (Å²) in [5.41, 5.74) is 1.13. The lowest BCUT2D eigenvalue weighted by Crippen LogP contribution is -2.25. The van der Waals surface area contributed by atoms with Crippen molar-refractivity contribution in [3.8, 4) is 0 Å². The van der Waals surface area contributed by atoms with Gasteiger partial charge >= 0.3 is 0 Å². The maximum atomic E-state index is 4.67. The topological polar surface area (TPSA) is 24.9 Å². The zero-order chi connectivity index (χ0) is 11.2. The van der Waals surface area contributed by atoms with Crippen molar-refractivity contribution in [2.75, 3.05) is 5.32 Å². The molecular weight excluding hydrogens is 228 g/mol. The van der Waals surface area contributed by atoms with Crippen molar-refractivity contribution in [1.29, 1.82) is 0 Å². The number of hydrogen-bond donors (Lipinski definition) is 1. The van der Waals surface area contributed by atoms with Crippen LogP contribution in [0.1, 0.15) is 25.7 Å². The van der Waals surface area contributed by atoms with E-state index in [1.54, 1.807) is 11.3 Å². The average molecular weight is 244 g/mol. The molecule has 0 aliphatic heterocycles. The molecule has 2 nitrogen and oxygen atoms in total. The van der Waals surface area contributed by atoms with E-state index >= 15 is 0 Å². The maximum Gasteiger partial charge on any atom is 0.184 e. The maximum absolute atomic E-state index is 4.67. The first-order valence-electron chi connectivity index (χ1n) is 6.50. The fourth-order valence-electron chi connectivity index (χ4n) is 3.51. The first-order chi connectivity index (χ1) is 8.38. The average Bonchev–Trinajstić information content (AvgIpc) is 3.01. The quantitative estimate of drug-likeness (QED) is 0.866. The van der Waals surface area contributed by atoms with Crippen LogP contribution in [0.2, 0.25) is 0 Å². The number of nitrogens with zero attached hydrogens (tertiary/aromatic N) is 1. The number of nitrogens with one attached hydrogen (secondary N) is 1. The molecule has 1 aromatic heterocycles. The lowest BCUT2D eigenvalue weighted by Gasteiger charge is -2.22. The van der Waals surface area contributed by atoms with E-state index in [9.17, 15) is 0 Å². The largest absolute Gasteiger partial charge is 0.358 e. The molecule has 88 valence electrons. The molecule has 4 rings (SSSR count). The highest BCUT2D eigenvalue weighted by atomic mass is 32.1. The minimum atomic E-state index is 0.689. The van der Waals surface area contributed by atoms with Crippen molar-refractivity contribution >= 4 is 26.7 Å². The number of aromatic nitrogens is 1. The Labute approximate surface area is 105 Å². The standard InChI is InChI=1S/C14H16N2S/c1-2-4-13-11(3-1)15-14(17-13)16-12-8-9-5-6-10(12)7-9/h1-4,9-10,12H,5-8H2,(H,15,16). The Bertz CT molecular complexity index is 515. The van der Waals surface area contributed by atoms with Crippen molar-refractivity contribution in [1.82, 2.24) is 4.98 Å². The van der Waals surface area contributed by atoms with E-state index in [0.717, 1.165) is 22.5 Å². The Hall–Kier alpha value is -1.09. The molecule has 2 fully saturated rings. The van der Waals surface area contributed by atoms with Gasteiger partial charge in [0.2, 0.25) is 0 Å².